The Morgan fingerprint density at radius 1 is 1.03 bits per heavy atom. The molecular weight excluding hydrogens is 405 g/mol. The lowest BCUT2D eigenvalue weighted by Crippen LogP contribution is -2.17. The maximum absolute atomic E-state index is 12.6. The van der Waals surface area contributed by atoms with Gasteiger partial charge in [-0.2, -0.15) is 4.98 Å². The maximum atomic E-state index is 12.6. The number of ether oxygens (including phenoxy) is 1. The smallest absolute Gasteiger partial charge is 0.406 e. The summed E-state index contributed by atoms with van der Waals surface area (Å²) in [6.45, 7) is 8.03. The molecule has 0 aliphatic heterocycles. The number of nitrogens with one attached hydrogen (secondary N) is 2. The van der Waals surface area contributed by atoms with Crippen molar-refractivity contribution in [1.29, 1.82) is 0 Å². The zero-order valence-corrected chi connectivity index (χ0v) is 17.8. The zero-order chi connectivity index (χ0) is 22.6. The highest BCUT2D eigenvalue weighted by atomic mass is 19.4. The number of hydrogen-bond acceptors (Lipinski definition) is 5. The van der Waals surface area contributed by atoms with Crippen LogP contribution in [0.2, 0.25) is 0 Å². The molecule has 0 spiro atoms. The normalized spacial score (nSPS) is 12.4. The van der Waals surface area contributed by atoms with Gasteiger partial charge in [0.15, 0.2) is 0 Å². The molecule has 164 valence electrons. The number of halogens is 3. The van der Waals surface area contributed by atoms with Gasteiger partial charge in [0.05, 0.1) is 5.69 Å². The van der Waals surface area contributed by atoms with E-state index in [-0.39, 0.29) is 11.8 Å². The van der Waals surface area contributed by atoms with E-state index >= 15 is 0 Å². The second-order valence-electron chi connectivity index (χ2n) is 7.43. The van der Waals surface area contributed by atoms with Crippen LogP contribution >= 0.6 is 0 Å². The van der Waals surface area contributed by atoms with Crippen LogP contribution in [0.3, 0.4) is 0 Å². The Morgan fingerprint density at radius 3 is 2.52 bits per heavy atom. The minimum Gasteiger partial charge on any atom is -0.406 e. The van der Waals surface area contributed by atoms with Crippen LogP contribution in [0, 0.1) is 13.8 Å². The third-order valence-electron chi connectivity index (χ3n) is 4.73. The van der Waals surface area contributed by atoms with Crippen LogP contribution in [0.25, 0.3) is 11.3 Å². The summed E-state index contributed by atoms with van der Waals surface area (Å²) in [5.74, 6) is 0.623. The van der Waals surface area contributed by atoms with Crippen LogP contribution in [-0.2, 0) is 0 Å². The van der Waals surface area contributed by atoms with Crippen molar-refractivity contribution in [2.45, 2.75) is 46.5 Å². The van der Waals surface area contributed by atoms with Crippen molar-refractivity contribution in [2.24, 2.45) is 0 Å². The molecule has 0 amide bonds. The Labute approximate surface area is 179 Å². The number of rotatable bonds is 7. The first-order chi connectivity index (χ1) is 14.6. The molecule has 1 aromatic heterocycles. The molecule has 8 heteroatoms. The molecule has 0 fully saturated rings. The van der Waals surface area contributed by atoms with Crippen LogP contribution in [0.15, 0.2) is 48.5 Å². The van der Waals surface area contributed by atoms with Gasteiger partial charge in [0.1, 0.15) is 11.6 Å². The van der Waals surface area contributed by atoms with E-state index in [4.69, 9.17) is 0 Å². The van der Waals surface area contributed by atoms with Crippen LogP contribution in [0.5, 0.6) is 5.75 Å². The summed E-state index contributed by atoms with van der Waals surface area (Å²) in [4.78, 5) is 9.06. The average molecular weight is 430 g/mol. The first-order valence-corrected chi connectivity index (χ1v) is 9.99. The van der Waals surface area contributed by atoms with Crippen molar-refractivity contribution in [2.75, 3.05) is 10.6 Å². The number of hydrogen-bond donors (Lipinski definition) is 2. The van der Waals surface area contributed by atoms with E-state index in [0.29, 0.717) is 23.0 Å². The summed E-state index contributed by atoms with van der Waals surface area (Å²) in [6, 6.07) is 13.6. The summed E-state index contributed by atoms with van der Waals surface area (Å²) in [6.07, 6.45) is -3.90. The molecular formula is C23H25F3N4O. The molecule has 3 aromatic rings. The lowest BCUT2D eigenvalue weighted by Gasteiger charge is -2.16. The molecule has 0 saturated carbocycles. The second-order valence-corrected chi connectivity index (χ2v) is 7.43. The topological polar surface area (TPSA) is 59.1 Å². The molecule has 0 aliphatic carbocycles. The molecule has 0 bridgehead atoms. The van der Waals surface area contributed by atoms with E-state index in [1.165, 1.54) is 18.2 Å². The average Bonchev–Trinajstić information content (AvgIpc) is 2.69. The van der Waals surface area contributed by atoms with Crippen molar-refractivity contribution in [3.05, 3.63) is 59.7 Å². The molecule has 3 rings (SSSR count). The number of anilines is 3. The van der Waals surface area contributed by atoms with Gasteiger partial charge >= 0.3 is 6.36 Å². The first kappa shape index (κ1) is 22.4. The van der Waals surface area contributed by atoms with Gasteiger partial charge in [0.25, 0.3) is 0 Å². The lowest BCUT2D eigenvalue weighted by molar-refractivity contribution is -0.274. The second kappa shape index (κ2) is 9.24. The first-order valence-electron chi connectivity index (χ1n) is 9.99. The van der Waals surface area contributed by atoms with Crippen molar-refractivity contribution < 1.29 is 17.9 Å². The van der Waals surface area contributed by atoms with Gasteiger partial charge in [-0.25, -0.2) is 4.98 Å². The van der Waals surface area contributed by atoms with Gasteiger partial charge in [0.2, 0.25) is 5.95 Å². The Morgan fingerprint density at radius 2 is 1.81 bits per heavy atom. The highest BCUT2D eigenvalue weighted by Gasteiger charge is 2.31. The summed E-state index contributed by atoms with van der Waals surface area (Å²) < 4.78 is 41.9. The number of nitrogens with zero attached hydrogens (tertiary/aromatic N) is 2. The largest absolute Gasteiger partial charge is 0.573 e. The van der Waals surface area contributed by atoms with E-state index in [9.17, 15) is 13.2 Å². The third kappa shape index (κ3) is 6.34. The maximum Gasteiger partial charge on any atom is 0.573 e. The molecule has 0 unspecified atom stereocenters. The number of aryl methyl sites for hydroxylation is 2. The van der Waals surface area contributed by atoms with Crippen LogP contribution < -0.4 is 15.4 Å². The monoisotopic (exact) mass is 430 g/mol. The number of benzene rings is 2. The molecule has 2 N–H and O–H groups in total. The van der Waals surface area contributed by atoms with Crippen molar-refractivity contribution in [3.63, 3.8) is 0 Å². The minimum atomic E-state index is -4.76. The third-order valence-corrected chi connectivity index (χ3v) is 4.73. The van der Waals surface area contributed by atoms with Gasteiger partial charge in [-0.3, -0.25) is 0 Å². The number of alkyl halides is 3. The Balaban J connectivity index is 2.01. The Hall–Kier alpha value is -3.29. The quantitative estimate of drug-likeness (QED) is 0.441. The molecule has 0 aliphatic rings. The summed E-state index contributed by atoms with van der Waals surface area (Å²) in [5, 5.41) is 6.54. The van der Waals surface area contributed by atoms with Crippen molar-refractivity contribution >= 4 is 17.5 Å². The fourth-order valence-corrected chi connectivity index (χ4v) is 2.91. The van der Waals surface area contributed by atoms with Crippen LogP contribution in [0.1, 0.15) is 31.4 Å². The van der Waals surface area contributed by atoms with Gasteiger partial charge in [0, 0.05) is 23.4 Å². The van der Waals surface area contributed by atoms with Gasteiger partial charge in [-0.05, 0) is 56.5 Å². The summed E-state index contributed by atoms with van der Waals surface area (Å²) in [7, 11) is 0. The predicted octanol–water partition coefficient (Wildman–Crippen LogP) is 6.61. The molecule has 2 aromatic carbocycles. The summed E-state index contributed by atoms with van der Waals surface area (Å²) in [5.41, 5.74) is 4.00. The molecule has 0 radical (unpaired) electrons. The zero-order valence-electron chi connectivity index (χ0n) is 17.8. The predicted molar refractivity (Wildman–Crippen MR) is 117 cm³/mol. The van der Waals surface area contributed by atoms with E-state index in [2.05, 4.69) is 25.3 Å². The highest BCUT2D eigenvalue weighted by Crippen LogP contribution is 2.30. The van der Waals surface area contributed by atoms with E-state index in [1.54, 1.807) is 12.1 Å². The number of aromatic nitrogens is 2. The van der Waals surface area contributed by atoms with Gasteiger partial charge in [-0.1, -0.05) is 31.2 Å². The SMILES string of the molecule is CC[C@H](C)Nc1nc(Nc2cc(C)ccc2C)cc(-c2cccc(OC(F)(F)F)c2)n1. The molecule has 0 saturated heterocycles. The Bertz CT molecular complexity index is 1050. The molecule has 31 heavy (non-hydrogen) atoms. The van der Waals surface area contributed by atoms with Gasteiger partial charge < -0.3 is 15.4 Å². The van der Waals surface area contributed by atoms with Crippen LogP contribution in [0.4, 0.5) is 30.6 Å². The standard InChI is InChI=1S/C23H25F3N4O/c1-5-16(4)27-22-29-20(17-7-6-8-18(12-17)31-23(24,25)26)13-21(30-22)28-19-11-14(2)9-10-15(19)3/h6-13,16H,5H2,1-4H3,(H2,27,28,29,30)/t16-/m0/s1. The van der Waals surface area contributed by atoms with Crippen molar-refractivity contribution in [3.8, 4) is 17.0 Å². The van der Waals surface area contributed by atoms with E-state index in [1.807, 2.05) is 45.9 Å². The minimum absolute atomic E-state index is 0.128. The fourth-order valence-electron chi connectivity index (χ4n) is 2.91. The highest BCUT2D eigenvalue weighted by molar-refractivity contribution is 5.69. The van der Waals surface area contributed by atoms with Crippen molar-refractivity contribution in [1.82, 2.24) is 9.97 Å². The van der Waals surface area contributed by atoms with Crippen LogP contribution in [-0.4, -0.2) is 22.4 Å². The van der Waals surface area contributed by atoms with E-state index in [0.717, 1.165) is 23.2 Å². The summed E-state index contributed by atoms with van der Waals surface area (Å²) >= 11 is 0. The molecule has 5 nitrogen and oxygen atoms in total. The lowest BCUT2D eigenvalue weighted by atomic mass is 10.1. The van der Waals surface area contributed by atoms with E-state index < -0.39 is 6.36 Å². The van der Waals surface area contributed by atoms with Gasteiger partial charge in [-0.15, -0.1) is 13.2 Å². The molecule has 1 heterocycles. The fraction of sp³-hybridized carbons (Fsp3) is 0.304. The molecule has 1 atom stereocenters. The Kier molecular flexibility index (Phi) is 6.68.